The molecule has 0 heterocycles. The average molecular weight is 378 g/mol. The van der Waals surface area contributed by atoms with Gasteiger partial charge in [0.25, 0.3) is 0 Å². The maximum Gasteiger partial charge on any atom is 0.125 e. The van der Waals surface area contributed by atoms with Crippen molar-refractivity contribution in [2.75, 3.05) is 7.11 Å². The van der Waals surface area contributed by atoms with Crippen molar-refractivity contribution in [3.8, 4) is 11.5 Å². The van der Waals surface area contributed by atoms with Crippen LogP contribution >= 0.6 is 0 Å². The molecule has 6 rings (SSSR count). The summed E-state index contributed by atoms with van der Waals surface area (Å²) in [6.07, 6.45) is 8.70. The van der Waals surface area contributed by atoms with E-state index in [-0.39, 0.29) is 0 Å². The molecule has 0 amide bonds. The Hall–Kier alpha value is -2.00. The molecule has 4 aliphatic carbocycles. The minimum Gasteiger partial charge on any atom is -0.496 e. The molecule has 0 spiro atoms. The minimum absolute atomic E-state index is 0.424. The summed E-state index contributed by atoms with van der Waals surface area (Å²) in [5, 5.41) is 3.98. The Morgan fingerprint density at radius 1 is 0.893 bits per heavy atom. The van der Waals surface area contributed by atoms with Crippen LogP contribution in [-0.4, -0.2) is 12.6 Å². The van der Waals surface area contributed by atoms with Gasteiger partial charge in [-0.05, 0) is 80.0 Å². The smallest absolute Gasteiger partial charge is 0.125 e. The van der Waals surface area contributed by atoms with Crippen LogP contribution in [0.3, 0.4) is 0 Å². The molecule has 0 aromatic heterocycles. The van der Waals surface area contributed by atoms with Crippen molar-refractivity contribution < 1.29 is 9.47 Å². The first-order valence-corrected chi connectivity index (χ1v) is 10.8. The molecule has 2 aromatic carbocycles. The predicted octanol–water partition coefficient (Wildman–Crippen LogP) is 5.33. The number of benzene rings is 2. The van der Waals surface area contributed by atoms with Gasteiger partial charge in [0.15, 0.2) is 0 Å². The van der Waals surface area contributed by atoms with Gasteiger partial charge in [-0.1, -0.05) is 30.3 Å². The number of hydrogen-bond acceptors (Lipinski definition) is 3. The molecule has 28 heavy (non-hydrogen) atoms. The van der Waals surface area contributed by atoms with E-state index in [4.69, 9.17) is 9.47 Å². The molecule has 1 N–H and O–H groups in total. The van der Waals surface area contributed by atoms with Crippen molar-refractivity contribution in [1.82, 2.24) is 5.32 Å². The second-order valence-corrected chi connectivity index (χ2v) is 9.30. The molecule has 4 aliphatic rings. The van der Waals surface area contributed by atoms with Gasteiger partial charge in [0.2, 0.25) is 0 Å². The van der Waals surface area contributed by atoms with Gasteiger partial charge >= 0.3 is 0 Å². The highest BCUT2D eigenvalue weighted by Crippen LogP contribution is 2.55. The molecule has 4 saturated carbocycles. The maximum atomic E-state index is 5.97. The standard InChI is InChI=1S/C25H31NO2/c1-27-24-5-3-2-4-22(24)17-28-23-8-6-18(7-9-23)16-26-25-13-19-10-20(14-25)12-21(11-19)15-25/h2-9,19-21,26H,10-17H2,1H3. The van der Waals surface area contributed by atoms with Gasteiger partial charge in [0, 0.05) is 17.6 Å². The topological polar surface area (TPSA) is 30.5 Å². The van der Waals surface area contributed by atoms with Crippen LogP contribution < -0.4 is 14.8 Å². The van der Waals surface area contributed by atoms with Crippen molar-refractivity contribution in [3.05, 3.63) is 59.7 Å². The fraction of sp³-hybridized carbons (Fsp3) is 0.520. The molecule has 148 valence electrons. The largest absolute Gasteiger partial charge is 0.496 e. The predicted molar refractivity (Wildman–Crippen MR) is 112 cm³/mol. The van der Waals surface area contributed by atoms with Crippen LogP contribution in [0.25, 0.3) is 0 Å². The van der Waals surface area contributed by atoms with E-state index in [2.05, 4.69) is 29.6 Å². The number of methoxy groups -OCH3 is 1. The summed E-state index contributed by atoms with van der Waals surface area (Å²) in [4.78, 5) is 0. The van der Waals surface area contributed by atoms with Gasteiger partial charge in [-0.3, -0.25) is 0 Å². The zero-order valence-electron chi connectivity index (χ0n) is 16.8. The van der Waals surface area contributed by atoms with Crippen LogP contribution in [0.5, 0.6) is 11.5 Å². The Kier molecular flexibility index (Phi) is 4.80. The molecule has 4 fully saturated rings. The van der Waals surface area contributed by atoms with E-state index < -0.39 is 0 Å². The molecule has 4 bridgehead atoms. The van der Waals surface area contributed by atoms with Crippen LogP contribution in [0.15, 0.2) is 48.5 Å². The summed E-state index contributed by atoms with van der Waals surface area (Å²) in [7, 11) is 1.70. The lowest BCUT2D eigenvalue weighted by atomic mass is 9.53. The molecule has 0 aliphatic heterocycles. The summed E-state index contributed by atoms with van der Waals surface area (Å²) in [6.45, 7) is 1.49. The van der Waals surface area contributed by atoms with Crippen LogP contribution in [-0.2, 0) is 13.2 Å². The van der Waals surface area contributed by atoms with Gasteiger partial charge in [0.05, 0.1) is 7.11 Å². The number of nitrogens with one attached hydrogen (secondary N) is 1. The summed E-state index contributed by atoms with van der Waals surface area (Å²) in [5.41, 5.74) is 2.84. The van der Waals surface area contributed by atoms with E-state index in [0.717, 1.165) is 41.4 Å². The molecule has 3 nitrogen and oxygen atoms in total. The molecule has 2 aromatic rings. The van der Waals surface area contributed by atoms with Crippen LogP contribution in [0.4, 0.5) is 0 Å². The third-order valence-electron chi connectivity index (χ3n) is 7.22. The van der Waals surface area contributed by atoms with E-state index >= 15 is 0 Å². The summed E-state index contributed by atoms with van der Waals surface area (Å²) in [5.74, 6) is 4.75. The van der Waals surface area contributed by atoms with Crippen molar-refractivity contribution in [3.63, 3.8) is 0 Å². The molecule has 0 atom stereocenters. The third-order valence-corrected chi connectivity index (χ3v) is 7.22. The van der Waals surface area contributed by atoms with Crippen LogP contribution in [0, 0.1) is 17.8 Å². The van der Waals surface area contributed by atoms with Gasteiger partial charge in [-0.15, -0.1) is 0 Å². The fourth-order valence-electron chi connectivity index (χ4n) is 6.30. The second kappa shape index (κ2) is 7.44. The zero-order chi connectivity index (χ0) is 19.0. The van der Waals surface area contributed by atoms with E-state index in [0.29, 0.717) is 12.1 Å². The summed E-state index contributed by atoms with van der Waals surface area (Å²) >= 11 is 0. The highest BCUT2D eigenvalue weighted by Gasteiger charge is 2.50. The van der Waals surface area contributed by atoms with E-state index in [1.54, 1.807) is 7.11 Å². The van der Waals surface area contributed by atoms with E-state index in [9.17, 15) is 0 Å². The summed E-state index contributed by atoms with van der Waals surface area (Å²) < 4.78 is 11.4. The average Bonchev–Trinajstić information content (AvgIpc) is 2.71. The van der Waals surface area contributed by atoms with Crippen LogP contribution in [0.2, 0.25) is 0 Å². The quantitative estimate of drug-likeness (QED) is 0.707. The zero-order valence-corrected chi connectivity index (χ0v) is 16.8. The van der Waals surface area contributed by atoms with Crippen LogP contribution in [0.1, 0.15) is 49.7 Å². The summed E-state index contributed by atoms with van der Waals surface area (Å²) in [6, 6.07) is 16.6. The van der Waals surface area contributed by atoms with E-state index in [1.807, 2.05) is 24.3 Å². The van der Waals surface area contributed by atoms with Gasteiger partial charge in [-0.2, -0.15) is 0 Å². The Morgan fingerprint density at radius 2 is 1.54 bits per heavy atom. The van der Waals surface area contributed by atoms with Crippen molar-refractivity contribution in [2.24, 2.45) is 17.8 Å². The first-order chi connectivity index (χ1) is 13.7. The number of ether oxygens (including phenoxy) is 2. The highest BCUT2D eigenvalue weighted by atomic mass is 16.5. The van der Waals surface area contributed by atoms with Crippen molar-refractivity contribution in [1.29, 1.82) is 0 Å². The van der Waals surface area contributed by atoms with Crippen molar-refractivity contribution in [2.45, 2.75) is 57.2 Å². The highest BCUT2D eigenvalue weighted by molar-refractivity contribution is 5.34. The third kappa shape index (κ3) is 3.65. The molecule has 0 unspecified atom stereocenters. The Morgan fingerprint density at radius 3 is 2.18 bits per heavy atom. The Balaban J connectivity index is 1.17. The van der Waals surface area contributed by atoms with E-state index in [1.165, 1.54) is 44.1 Å². The fourth-order valence-corrected chi connectivity index (χ4v) is 6.30. The SMILES string of the molecule is COc1ccccc1COc1ccc(CNC23CC4CC(CC(C4)C2)C3)cc1. The van der Waals surface area contributed by atoms with Crippen molar-refractivity contribution >= 4 is 0 Å². The molecule has 0 radical (unpaired) electrons. The number of hydrogen-bond donors (Lipinski definition) is 1. The Bertz CT molecular complexity index is 778. The maximum absolute atomic E-state index is 5.97. The minimum atomic E-state index is 0.424. The first-order valence-electron chi connectivity index (χ1n) is 10.8. The lowest BCUT2D eigenvalue weighted by Gasteiger charge is -2.57. The number of rotatable bonds is 7. The first kappa shape index (κ1) is 18.1. The molecular weight excluding hydrogens is 346 g/mol. The second-order valence-electron chi connectivity index (χ2n) is 9.30. The lowest BCUT2D eigenvalue weighted by Crippen LogP contribution is -2.58. The normalized spacial score (nSPS) is 30.4. The number of para-hydroxylation sites is 1. The van der Waals surface area contributed by atoms with Gasteiger partial charge in [0.1, 0.15) is 18.1 Å². The van der Waals surface area contributed by atoms with Gasteiger partial charge in [-0.25, -0.2) is 0 Å². The molecule has 3 heteroatoms. The van der Waals surface area contributed by atoms with Gasteiger partial charge < -0.3 is 14.8 Å². The molecule has 0 saturated heterocycles. The lowest BCUT2D eigenvalue weighted by molar-refractivity contribution is -0.0206. The monoisotopic (exact) mass is 377 g/mol. The molecular formula is C25H31NO2. The Labute approximate surface area is 168 Å².